The van der Waals surface area contributed by atoms with Gasteiger partial charge in [0.15, 0.2) is 6.33 Å². The second kappa shape index (κ2) is 3.94. The molecule has 0 aliphatic heterocycles. The molecule has 1 aromatic heterocycles. The molecule has 0 atom stereocenters. The smallest absolute Gasteiger partial charge is 0.162 e. The quantitative estimate of drug-likeness (QED) is 0.542. The van der Waals surface area contributed by atoms with E-state index in [1.165, 1.54) is 6.33 Å². The summed E-state index contributed by atoms with van der Waals surface area (Å²) in [5.41, 5.74) is 0. The second-order valence-electron chi connectivity index (χ2n) is 1.88. The number of methoxy groups -OCH3 is 1. The maximum Gasteiger partial charge on any atom is 0.162 e. The molecule has 0 radical (unpaired) electrons. The molecule has 0 spiro atoms. The highest BCUT2D eigenvalue weighted by atomic mass is 16.5. The van der Waals surface area contributed by atoms with E-state index in [4.69, 9.17) is 4.74 Å². The molecule has 0 amide bonds. The van der Waals surface area contributed by atoms with Crippen LogP contribution < -0.4 is 0 Å². The van der Waals surface area contributed by atoms with Crippen LogP contribution in [0.5, 0.6) is 0 Å². The van der Waals surface area contributed by atoms with Crippen LogP contribution in [0.2, 0.25) is 0 Å². The summed E-state index contributed by atoms with van der Waals surface area (Å²) in [5.74, 6) is 0. The number of tetrazole rings is 1. The summed E-state index contributed by atoms with van der Waals surface area (Å²) in [6.07, 6.45) is 2.35. The van der Waals surface area contributed by atoms with E-state index in [0.29, 0.717) is 0 Å². The number of aryl methyl sites for hydroxylation is 1. The Labute approximate surface area is 59.0 Å². The lowest BCUT2D eigenvalue weighted by molar-refractivity contribution is 0.187. The number of hydrogen-bond donors (Lipinski definition) is 0. The number of ether oxygens (including phenoxy) is 1. The van der Waals surface area contributed by atoms with Crippen molar-refractivity contribution >= 4 is 0 Å². The molecule has 0 bridgehead atoms. The van der Waals surface area contributed by atoms with E-state index in [1.807, 2.05) is 0 Å². The van der Waals surface area contributed by atoms with Crippen LogP contribution in [0.4, 0.5) is 0 Å². The van der Waals surface area contributed by atoms with Gasteiger partial charge in [-0.15, -0.1) is 10.2 Å². The van der Waals surface area contributed by atoms with Crippen molar-refractivity contribution in [3.63, 3.8) is 0 Å². The van der Waals surface area contributed by atoms with E-state index in [1.54, 1.807) is 11.9 Å². The highest BCUT2D eigenvalue weighted by Crippen LogP contribution is 1.83. The highest BCUT2D eigenvalue weighted by Gasteiger charge is 1.90. The summed E-state index contributed by atoms with van der Waals surface area (Å²) >= 11 is 0. The summed E-state index contributed by atoms with van der Waals surface area (Å²) in [6.45, 7) is 1.51. The van der Waals surface area contributed by atoms with E-state index in [9.17, 15) is 0 Å². The molecular formula is C5H10N4O. The molecular weight excluding hydrogens is 132 g/mol. The molecule has 0 aliphatic carbocycles. The lowest BCUT2D eigenvalue weighted by Gasteiger charge is -1.95. The molecule has 0 N–H and O–H groups in total. The fourth-order valence-electron chi connectivity index (χ4n) is 0.641. The molecule has 0 unspecified atom stereocenters. The third kappa shape index (κ3) is 2.10. The molecule has 1 rings (SSSR count). The van der Waals surface area contributed by atoms with E-state index in [-0.39, 0.29) is 0 Å². The minimum absolute atomic E-state index is 0.738. The van der Waals surface area contributed by atoms with Crippen LogP contribution in [0.15, 0.2) is 6.33 Å². The molecule has 0 saturated heterocycles. The Kier molecular flexibility index (Phi) is 2.82. The number of nitrogens with zero attached hydrogens (tertiary/aromatic N) is 4. The van der Waals surface area contributed by atoms with Gasteiger partial charge in [0.2, 0.25) is 0 Å². The van der Waals surface area contributed by atoms with Crippen LogP contribution in [0, 0.1) is 0 Å². The van der Waals surface area contributed by atoms with E-state index in [0.717, 1.165) is 19.6 Å². The van der Waals surface area contributed by atoms with Crippen molar-refractivity contribution in [1.82, 2.24) is 20.2 Å². The minimum Gasteiger partial charge on any atom is -0.385 e. The zero-order valence-corrected chi connectivity index (χ0v) is 5.90. The Bertz CT molecular complexity index is 162. The molecule has 10 heavy (non-hydrogen) atoms. The first kappa shape index (κ1) is 7.14. The molecule has 0 saturated carbocycles. The maximum atomic E-state index is 4.85. The van der Waals surface area contributed by atoms with Crippen LogP contribution in [0.25, 0.3) is 0 Å². The molecule has 0 aromatic carbocycles. The third-order valence-electron chi connectivity index (χ3n) is 1.10. The van der Waals surface area contributed by atoms with Crippen molar-refractivity contribution in [3.05, 3.63) is 6.33 Å². The van der Waals surface area contributed by atoms with Gasteiger partial charge in [-0.25, -0.2) is 0 Å². The third-order valence-corrected chi connectivity index (χ3v) is 1.10. The van der Waals surface area contributed by atoms with Crippen molar-refractivity contribution in [2.75, 3.05) is 13.7 Å². The predicted molar refractivity (Wildman–Crippen MR) is 34.3 cm³/mol. The van der Waals surface area contributed by atoms with Gasteiger partial charge >= 0.3 is 0 Å². The van der Waals surface area contributed by atoms with Gasteiger partial charge in [-0.3, -0.25) is 0 Å². The van der Waals surface area contributed by atoms with E-state index < -0.39 is 0 Å². The molecule has 1 aromatic rings. The number of rotatable bonds is 4. The number of aromatic nitrogens is 4. The van der Waals surface area contributed by atoms with Gasteiger partial charge in [0.1, 0.15) is 0 Å². The first-order valence-electron chi connectivity index (χ1n) is 3.13. The summed E-state index contributed by atoms with van der Waals surface area (Å²) in [6, 6.07) is 0. The minimum atomic E-state index is 0.738. The Morgan fingerprint density at radius 1 is 1.60 bits per heavy atom. The van der Waals surface area contributed by atoms with Gasteiger partial charge in [0.25, 0.3) is 0 Å². The van der Waals surface area contributed by atoms with E-state index in [2.05, 4.69) is 15.4 Å². The van der Waals surface area contributed by atoms with Crippen LogP contribution in [0.3, 0.4) is 0 Å². The average molecular weight is 142 g/mol. The summed E-state index contributed by atoms with van der Waals surface area (Å²) in [5, 5.41) is 11.1. The van der Waals surface area contributed by atoms with Crippen molar-refractivity contribution in [2.24, 2.45) is 0 Å². The summed E-state index contributed by atoms with van der Waals surface area (Å²) < 4.78 is 4.85. The molecule has 1 heterocycles. The number of hydrogen-bond acceptors (Lipinski definition) is 4. The molecule has 5 nitrogen and oxygen atoms in total. The van der Waals surface area contributed by atoms with Crippen molar-refractivity contribution in [2.45, 2.75) is 13.0 Å². The zero-order valence-electron chi connectivity index (χ0n) is 5.90. The average Bonchev–Trinajstić information content (AvgIpc) is 2.41. The second-order valence-corrected chi connectivity index (χ2v) is 1.88. The fraction of sp³-hybridized carbons (Fsp3) is 0.800. The summed E-state index contributed by atoms with van der Waals surface area (Å²) in [4.78, 5) is 1.54. The standard InChI is InChI=1S/C5H10N4O/c1-10-4-2-3-9-7-5-6-8-9/h5H,2-4H2,1H3. The molecule has 0 fully saturated rings. The molecule has 0 aliphatic rings. The molecule has 5 heteroatoms. The maximum absolute atomic E-state index is 4.85. The van der Waals surface area contributed by atoms with Crippen LogP contribution in [-0.2, 0) is 11.3 Å². The van der Waals surface area contributed by atoms with Gasteiger partial charge in [-0.2, -0.15) is 4.80 Å². The Balaban J connectivity index is 2.15. The lowest BCUT2D eigenvalue weighted by Crippen LogP contribution is -2.04. The first-order valence-corrected chi connectivity index (χ1v) is 3.13. The predicted octanol–water partition coefficient (Wildman–Crippen LogP) is -0.290. The van der Waals surface area contributed by atoms with Crippen LogP contribution in [0.1, 0.15) is 6.42 Å². The molecule has 56 valence electrons. The van der Waals surface area contributed by atoms with Gasteiger partial charge in [0.05, 0.1) is 6.54 Å². The van der Waals surface area contributed by atoms with Gasteiger partial charge in [0, 0.05) is 13.7 Å². The highest BCUT2D eigenvalue weighted by molar-refractivity contribution is 4.39. The normalized spacial score (nSPS) is 10.1. The van der Waals surface area contributed by atoms with Gasteiger partial charge < -0.3 is 4.74 Å². The summed E-state index contributed by atoms with van der Waals surface area (Å²) in [7, 11) is 1.68. The fourth-order valence-corrected chi connectivity index (χ4v) is 0.641. The Morgan fingerprint density at radius 3 is 3.10 bits per heavy atom. The van der Waals surface area contributed by atoms with Crippen LogP contribution in [-0.4, -0.2) is 33.9 Å². The SMILES string of the molecule is COCCCn1ncnn1. The Morgan fingerprint density at radius 2 is 2.50 bits per heavy atom. The topological polar surface area (TPSA) is 52.8 Å². The Hall–Kier alpha value is -0.970. The largest absolute Gasteiger partial charge is 0.385 e. The van der Waals surface area contributed by atoms with Crippen molar-refractivity contribution in [3.8, 4) is 0 Å². The lowest BCUT2D eigenvalue weighted by atomic mass is 10.5. The van der Waals surface area contributed by atoms with Crippen LogP contribution >= 0.6 is 0 Å². The van der Waals surface area contributed by atoms with Crippen molar-refractivity contribution < 1.29 is 4.74 Å². The monoisotopic (exact) mass is 142 g/mol. The van der Waals surface area contributed by atoms with Gasteiger partial charge in [-0.05, 0) is 11.6 Å². The zero-order chi connectivity index (χ0) is 7.23. The van der Waals surface area contributed by atoms with E-state index >= 15 is 0 Å². The first-order chi connectivity index (χ1) is 4.93. The van der Waals surface area contributed by atoms with Gasteiger partial charge in [-0.1, -0.05) is 0 Å². The van der Waals surface area contributed by atoms with Crippen molar-refractivity contribution in [1.29, 1.82) is 0 Å².